The van der Waals surface area contributed by atoms with E-state index in [4.69, 9.17) is 5.26 Å². The third kappa shape index (κ3) is 4.33. The van der Waals surface area contributed by atoms with Crippen LogP contribution in [-0.4, -0.2) is 39.7 Å². The van der Waals surface area contributed by atoms with Crippen LogP contribution < -0.4 is 10.6 Å². The van der Waals surface area contributed by atoms with E-state index in [0.717, 1.165) is 0 Å². The summed E-state index contributed by atoms with van der Waals surface area (Å²) in [4.78, 5) is 11.4. The Morgan fingerprint density at radius 2 is 2.15 bits per heavy atom. The number of benzene rings is 1. The number of carbonyl (C=O) groups excluding carboxylic acids is 1. The molecule has 20 heavy (non-hydrogen) atoms. The number of likely N-dealkylation sites (N-methyl/N-ethyl adjacent to an activating group) is 1. The molecular formula is C13H17N3O3S. The molecule has 7 heteroatoms. The first-order chi connectivity index (χ1) is 9.40. The molecule has 0 aliphatic heterocycles. The van der Waals surface area contributed by atoms with E-state index in [1.165, 1.54) is 25.2 Å². The number of carbonyl (C=O) groups is 1. The summed E-state index contributed by atoms with van der Waals surface area (Å²) in [5, 5.41) is 14.1. The van der Waals surface area contributed by atoms with Gasteiger partial charge in [-0.3, -0.25) is 4.79 Å². The average molecular weight is 295 g/mol. The molecule has 0 bridgehead atoms. The van der Waals surface area contributed by atoms with E-state index in [0.29, 0.717) is 5.56 Å². The van der Waals surface area contributed by atoms with E-state index in [1.54, 1.807) is 13.0 Å². The maximum atomic E-state index is 12.1. The zero-order chi connectivity index (χ0) is 15.2. The van der Waals surface area contributed by atoms with Crippen molar-refractivity contribution in [3.8, 4) is 6.07 Å². The Morgan fingerprint density at radius 1 is 1.45 bits per heavy atom. The summed E-state index contributed by atoms with van der Waals surface area (Å²) < 4.78 is 24.1. The van der Waals surface area contributed by atoms with Gasteiger partial charge in [-0.25, -0.2) is 8.42 Å². The van der Waals surface area contributed by atoms with E-state index in [1.807, 2.05) is 6.07 Å². The van der Waals surface area contributed by atoms with Gasteiger partial charge in [0.1, 0.15) is 0 Å². The number of hydrogen-bond donors (Lipinski definition) is 2. The first kappa shape index (κ1) is 16.1. The summed E-state index contributed by atoms with van der Waals surface area (Å²) in [6.45, 7) is 1.81. The minimum Gasteiger partial charge on any atom is -0.358 e. The Hall–Kier alpha value is -1.91. The number of nitriles is 1. The lowest BCUT2D eigenvalue weighted by molar-refractivity contribution is -0.122. The SMILES string of the molecule is CNC(=O)C(C)NCCS(=O)(=O)c1cccc(C#N)c1. The van der Waals surface area contributed by atoms with E-state index in [9.17, 15) is 13.2 Å². The molecule has 108 valence electrons. The topological polar surface area (TPSA) is 99.1 Å². The van der Waals surface area contributed by atoms with Crippen molar-refractivity contribution in [2.75, 3.05) is 19.3 Å². The summed E-state index contributed by atoms with van der Waals surface area (Å²) in [5.74, 6) is -0.336. The lowest BCUT2D eigenvalue weighted by Gasteiger charge is -2.12. The first-order valence-electron chi connectivity index (χ1n) is 6.08. The van der Waals surface area contributed by atoms with Gasteiger partial charge in [-0.2, -0.15) is 5.26 Å². The molecule has 2 N–H and O–H groups in total. The van der Waals surface area contributed by atoms with Crippen molar-refractivity contribution >= 4 is 15.7 Å². The van der Waals surface area contributed by atoms with Crippen molar-refractivity contribution in [1.82, 2.24) is 10.6 Å². The zero-order valence-electron chi connectivity index (χ0n) is 11.4. The van der Waals surface area contributed by atoms with E-state index >= 15 is 0 Å². The molecule has 1 amide bonds. The number of hydrogen-bond acceptors (Lipinski definition) is 5. The maximum absolute atomic E-state index is 12.1. The van der Waals surface area contributed by atoms with Crippen molar-refractivity contribution < 1.29 is 13.2 Å². The fourth-order valence-electron chi connectivity index (χ4n) is 1.60. The molecule has 1 aromatic rings. The molecule has 0 aliphatic carbocycles. The highest BCUT2D eigenvalue weighted by molar-refractivity contribution is 7.91. The smallest absolute Gasteiger partial charge is 0.236 e. The van der Waals surface area contributed by atoms with Crippen molar-refractivity contribution in [3.05, 3.63) is 29.8 Å². The molecule has 0 saturated carbocycles. The molecule has 0 aromatic heterocycles. The Labute approximate surface area is 118 Å². The molecule has 0 heterocycles. The number of amides is 1. The maximum Gasteiger partial charge on any atom is 0.236 e. The van der Waals surface area contributed by atoms with E-state index in [2.05, 4.69) is 10.6 Å². The second kappa shape index (κ2) is 7.03. The average Bonchev–Trinajstić information content (AvgIpc) is 2.46. The van der Waals surface area contributed by atoms with Crippen LogP contribution in [0.4, 0.5) is 0 Å². The van der Waals surface area contributed by atoms with Gasteiger partial charge in [-0.05, 0) is 25.1 Å². The predicted octanol–water partition coefficient (Wildman–Crippen LogP) is 0.0561. The highest BCUT2D eigenvalue weighted by Gasteiger charge is 2.16. The van der Waals surface area contributed by atoms with Gasteiger partial charge in [0.15, 0.2) is 9.84 Å². The monoisotopic (exact) mass is 295 g/mol. The van der Waals surface area contributed by atoms with Crippen LogP contribution in [0, 0.1) is 11.3 Å². The van der Waals surface area contributed by atoms with Crippen LogP contribution in [0.3, 0.4) is 0 Å². The zero-order valence-corrected chi connectivity index (χ0v) is 12.2. The Balaban J connectivity index is 2.67. The molecular weight excluding hydrogens is 278 g/mol. The lowest BCUT2D eigenvalue weighted by atomic mass is 10.2. The molecule has 1 unspecified atom stereocenters. The summed E-state index contributed by atoms with van der Waals surface area (Å²) in [6.07, 6.45) is 0. The van der Waals surface area contributed by atoms with Gasteiger partial charge >= 0.3 is 0 Å². The number of sulfone groups is 1. The van der Waals surface area contributed by atoms with Gasteiger partial charge in [-0.1, -0.05) is 6.07 Å². The predicted molar refractivity (Wildman–Crippen MR) is 74.7 cm³/mol. The number of nitrogens with one attached hydrogen (secondary N) is 2. The molecule has 1 rings (SSSR count). The van der Waals surface area contributed by atoms with Crippen molar-refractivity contribution in [1.29, 1.82) is 5.26 Å². The largest absolute Gasteiger partial charge is 0.358 e. The van der Waals surface area contributed by atoms with Crippen LogP contribution in [0.1, 0.15) is 12.5 Å². The Morgan fingerprint density at radius 3 is 2.75 bits per heavy atom. The van der Waals surface area contributed by atoms with Crippen LogP contribution in [-0.2, 0) is 14.6 Å². The fraction of sp³-hybridized carbons (Fsp3) is 0.385. The third-order valence-corrected chi connectivity index (χ3v) is 4.50. The minimum atomic E-state index is -3.47. The van der Waals surface area contributed by atoms with Crippen LogP contribution in [0.15, 0.2) is 29.2 Å². The van der Waals surface area contributed by atoms with Crippen molar-refractivity contribution in [2.24, 2.45) is 0 Å². The fourth-order valence-corrected chi connectivity index (χ4v) is 2.81. The van der Waals surface area contributed by atoms with Crippen LogP contribution >= 0.6 is 0 Å². The summed E-state index contributed by atoms with van der Waals surface area (Å²) >= 11 is 0. The molecule has 0 spiro atoms. The molecule has 1 atom stereocenters. The van der Waals surface area contributed by atoms with Crippen LogP contribution in [0.2, 0.25) is 0 Å². The Kier molecular flexibility index (Phi) is 5.67. The summed E-state index contributed by atoms with van der Waals surface area (Å²) in [7, 11) is -1.95. The quantitative estimate of drug-likeness (QED) is 0.773. The molecule has 0 aliphatic rings. The van der Waals surface area contributed by atoms with Gasteiger partial charge in [0.25, 0.3) is 0 Å². The van der Waals surface area contributed by atoms with Crippen molar-refractivity contribution in [2.45, 2.75) is 17.9 Å². The second-order valence-electron chi connectivity index (χ2n) is 4.25. The second-order valence-corrected chi connectivity index (χ2v) is 6.36. The van der Waals surface area contributed by atoms with Gasteiger partial charge < -0.3 is 10.6 Å². The van der Waals surface area contributed by atoms with Gasteiger partial charge in [0, 0.05) is 13.6 Å². The van der Waals surface area contributed by atoms with Crippen LogP contribution in [0.5, 0.6) is 0 Å². The molecule has 1 aromatic carbocycles. The van der Waals surface area contributed by atoms with Crippen molar-refractivity contribution in [3.63, 3.8) is 0 Å². The highest BCUT2D eigenvalue weighted by atomic mass is 32.2. The normalized spacial score (nSPS) is 12.4. The number of nitrogens with zero attached hydrogens (tertiary/aromatic N) is 1. The lowest BCUT2D eigenvalue weighted by Crippen LogP contribution is -2.42. The van der Waals surface area contributed by atoms with Gasteiger partial charge in [0.05, 0.1) is 28.3 Å². The third-order valence-electron chi connectivity index (χ3n) is 2.78. The highest BCUT2D eigenvalue weighted by Crippen LogP contribution is 2.12. The minimum absolute atomic E-state index is 0.117. The molecule has 6 nitrogen and oxygen atoms in total. The first-order valence-corrected chi connectivity index (χ1v) is 7.74. The van der Waals surface area contributed by atoms with E-state index < -0.39 is 15.9 Å². The van der Waals surface area contributed by atoms with E-state index in [-0.39, 0.29) is 23.1 Å². The summed E-state index contributed by atoms with van der Waals surface area (Å²) in [5.41, 5.74) is 0.303. The molecule has 0 fully saturated rings. The Bertz CT molecular complexity index is 620. The number of rotatable bonds is 6. The molecule has 0 radical (unpaired) electrons. The summed E-state index contributed by atoms with van der Waals surface area (Å²) in [6, 6.07) is 7.33. The van der Waals surface area contributed by atoms with Crippen LogP contribution in [0.25, 0.3) is 0 Å². The standard InChI is InChI=1S/C13H17N3O3S/c1-10(13(17)15-2)16-6-7-20(18,19)12-5-3-4-11(8-12)9-14/h3-5,8,10,16H,6-7H2,1-2H3,(H,15,17). The van der Waals surface area contributed by atoms with Gasteiger partial charge in [-0.15, -0.1) is 0 Å². The molecule has 0 saturated heterocycles. The van der Waals surface area contributed by atoms with Gasteiger partial charge in [0.2, 0.25) is 5.91 Å².